The van der Waals surface area contributed by atoms with Crippen LogP contribution in [0.1, 0.15) is 63.0 Å². The van der Waals surface area contributed by atoms with E-state index in [4.69, 9.17) is 14.2 Å². The second-order valence-corrected chi connectivity index (χ2v) is 10.2. The lowest BCUT2D eigenvalue weighted by Gasteiger charge is -2.28. The molecule has 4 heterocycles. The fraction of sp³-hybridized carbons (Fsp3) is 0.577. The number of rotatable bonds is 6. The molecule has 2 aliphatic heterocycles. The number of carbonyl (C=O) groups excluding carboxylic acids is 3. The van der Waals surface area contributed by atoms with E-state index in [2.05, 4.69) is 9.97 Å². The number of imide groups is 1. The normalized spacial score (nSPS) is 17.9. The summed E-state index contributed by atoms with van der Waals surface area (Å²) < 4.78 is 18.7. The van der Waals surface area contributed by atoms with Crippen LogP contribution in [0.5, 0.6) is 0 Å². The minimum absolute atomic E-state index is 0.209. The molecule has 11 nitrogen and oxygen atoms in total. The van der Waals surface area contributed by atoms with Gasteiger partial charge in [0.1, 0.15) is 5.60 Å². The maximum atomic E-state index is 13.2. The lowest BCUT2D eigenvalue weighted by atomic mass is 10.1. The van der Waals surface area contributed by atoms with Gasteiger partial charge in [-0.25, -0.2) is 19.7 Å². The molecule has 0 bridgehead atoms. The van der Waals surface area contributed by atoms with Crippen LogP contribution in [0.2, 0.25) is 0 Å². The van der Waals surface area contributed by atoms with E-state index in [0.717, 1.165) is 29.9 Å². The highest BCUT2D eigenvalue weighted by Crippen LogP contribution is 2.29. The molecule has 4 rings (SSSR count). The summed E-state index contributed by atoms with van der Waals surface area (Å²) in [5, 5.41) is 0. The van der Waals surface area contributed by atoms with Gasteiger partial charge in [-0.05, 0) is 52.2 Å². The molecule has 11 heteroatoms. The average Bonchev–Trinajstić information content (AvgIpc) is 3.19. The molecule has 1 unspecified atom stereocenters. The van der Waals surface area contributed by atoms with Crippen molar-refractivity contribution in [1.29, 1.82) is 0 Å². The van der Waals surface area contributed by atoms with E-state index < -0.39 is 17.6 Å². The Morgan fingerprint density at radius 1 is 1.27 bits per heavy atom. The van der Waals surface area contributed by atoms with E-state index >= 15 is 0 Å². The predicted octanol–water partition coefficient (Wildman–Crippen LogP) is 3.31. The summed E-state index contributed by atoms with van der Waals surface area (Å²) >= 11 is 0. The zero-order valence-electron chi connectivity index (χ0n) is 22.2. The SMILES string of the molecule is CC(=O)N(CCOC1CCCCO1)c1nccc(-c2cc3c(n2C)CCN(C(=O)OC(C)(C)C)C3=O)n1. The molecule has 1 fully saturated rings. The van der Waals surface area contributed by atoms with Crippen molar-refractivity contribution in [3.8, 4) is 11.4 Å². The summed E-state index contributed by atoms with van der Waals surface area (Å²) in [6, 6.07) is 3.45. The largest absolute Gasteiger partial charge is 0.443 e. The van der Waals surface area contributed by atoms with Gasteiger partial charge in [-0.1, -0.05) is 0 Å². The maximum Gasteiger partial charge on any atom is 0.417 e. The average molecular weight is 514 g/mol. The number of aromatic nitrogens is 3. The molecule has 2 aromatic rings. The molecule has 200 valence electrons. The topological polar surface area (TPSA) is 116 Å². The van der Waals surface area contributed by atoms with Crippen molar-refractivity contribution in [3.05, 3.63) is 29.6 Å². The fourth-order valence-electron chi connectivity index (χ4n) is 4.47. The monoisotopic (exact) mass is 513 g/mol. The molecule has 0 spiro atoms. The van der Waals surface area contributed by atoms with Gasteiger partial charge in [0.05, 0.1) is 30.1 Å². The Morgan fingerprint density at radius 2 is 2.05 bits per heavy atom. The van der Waals surface area contributed by atoms with Gasteiger partial charge in [-0.15, -0.1) is 0 Å². The van der Waals surface area contributed by atoms with E-state index in [0.29, 0.717) is 36.6 Å². The number of carbonyl (C=O) groups is 3. The van der Waals surface area contributed by atoms with Crippen LogP contribution in [0.25, 0.3) is 11.4 Å². The number of hydrogen-bond acceptors (Lipinski definition) is 8. The summed E-state index contributed by atoms with van der Waals surface area (Å²) in [6.45, 7) is 8.24. The van der Waals surface area contributed by atoms with Gasteiger partial charge >= 0.3 is 6.09 Å². The van der Waals surface area contributed by atoms with E-state index in [1.807, 2.05) is 11.6 Å². The smallest absolute Gasteiger partial charge is 0.417 e. The molecule has 0 N–H and O–H groups in total. The van der Waals surface area contributed by atoms with Gasteiger partial charge in [0.2, 0.25) is 11.9 Å². The number of amides is 3. The second-order valence-electron chi connectivity index (χ2n) is 10.2. The van der Waals surface area contributed by atoms with Gasteiger partial charge < -0.3 is 18.8 Å². The van der Waals surface area contributed by atoms with Crippen molar-refractivity contribution in [3.63, 3.8) is 0 Å². The van der Waals surface area contributed by atoms with E-state index in [1.54, 1.807) is 39.1 Å². The Kier molecular flexibility index (Phi) is 7.93. The molecular weight excluding hydrogens is 478 g/mol. The summed E-state index contributed by atoms with van der Waals surface area (Å²) in [5.41, 5.74) is 1.78. The fourth-order valence-corrected chi connectivity index (χ4v) is 4.47. The first-order chi connectivity index (χ1) is 17.5. The quantitative estimate of drug-likeness (QED) is 0.578. The minimum Gasteiger partial charge on any atom is -0.443 e. The van der Waals surface area contributed by atoms with Crippen molar-refractivity contribution >= 4 is 23.9 Å². The number of anilines is 1. The summed E-state index contributed by atoms with van der Waals surface area (Å²) in [5.74, 6) is -0.363. The van der Waals surface area contributed by atoms with Gasteiger partial charge in [0.25, 0.3) is 5.91 Å². The van der Waals surface area contributed by atoms with E-state index in [1.165, 1.54) is 11.8 Å². The standard InChI is InChI=1S/C26H35N5O6/c1-17(32)30(13-15-36-22-8-6-7-14-35-22)24-27-11-9-19(28-24)21-16-18-20(29(21)5)10-12-31(23(18)33)25(34)37-26(2,3)4/h9,11,16,22H,6-8,10,12-15H2,1-5H3. The Balaban J connectivity index is 1.52. The Morgan fingerprint density at radius 3 is 2.73 bits per heavy atom. The van der Waals surface area contributed by atoms with E-state index in [9.17, 15) is 14.4 Å². The van der Waals surface area contributed by atoms with Crippen LogP contribution in [-0.4, -0.2) is 75.5 Å². The molecule has 1 atom stereocenters. The third-order valence-electron chi connectivity index (χ3n) is 6.30. The van der Waals surface area contributed by atoms with Crippen molar-refractivity contribution < 1.29 is 28.6 Å². The maximum absolute atomic E-state index is 13.2. The van der Waals surface area contributed by atoms with Crippen LogP contribution in [0.4, 0.5) is 10.7 Å². The number of nitrogens with zero attached hydrogens (tertiary/aromatic N) is 5. The highest BCUT2D eigenvalue weighted by Gasteiger charge is 2.35. The van der Waals surface area contributed by atoms with E-state index in [-0.39, 0.29) is 31.2 Å². The molecule has 2 aliphatic rings. The first-order valence-electron chi connectivity index (χ1n) is 12.6. The third-order valence-corrected chi connectivity index (χ3v) is 6.30. The van der Waals surface area contributed by atoms with Gasteiger partial charge in [0, 0.05) is 45.4 Å². The number of ether oxygens (including phenoxy) is 3. The van der Waals surface area contributed by atoms with Crippen LogP contribution >= 0.6 is 0 Å². The molecule has 2 aromatic heterocycles. The molecule has 0 radical (unpaired) electrons. The molecular formula is C26H35N5O6. The molecule has 37 heavy (non-hydrogen) atoms. The van der Waals surface area contributed by atoms with Crippen LogP contribution in [0.3, 0.4) is 0 Å². The highest BCUT2D eigenvalue weighted by atomic mass is 16.7. The van der Waals surface area contributed by atoms with Crippen molar-refractivity contribution in [1.82, 2.24) is 19.4 Å². The Bertz CT molecular complexity index is 1160. The van der Waals surface area contributed by atoms with Crippen LogP contribution < -0.4 is 4.90 Å². The molecule has 0 aliphatic carbocycles. The molecule has 0 saturated carbocycles. The Hall–Kier alpha value is -3.31. The number of fused-ring (bicyclic) bond motifs is 1. The number of hydrogen-bond donors (Lipinski definition) is 0. The van der Waals surface area contributed by atoms with Gasteiger partial charge in [0.15, 0.2) is 6.29 Å². The zero-order chi connectivity index (χ0) is 26.7. The van der Waals surface area contributed by atoms with Crippen LogP contribution in [-0.2, 0) is 32.5 Å². The lowest BCUT2D eigenvalue weighted by Crippen LogP contribution is -2.44. The Labute approximate surface area is 216 Å². The molecule has 1 saturated heterocycles. The van der Waals surface area contributed by atoms with Gasteiger partial charge in [-0.3, -0.25) is 14.5 Å². The third kappa shape index (κ3) is 6.16. The van der Waals surface area contributed by atoms with Crippen LogP contribution in [0.15, 0.2) is 18.3 Å². The van der Waals surface area contributed by atoms with Crippen molar-refractivity contribution in [2.24, 2.45) is 7.05 Å². The van der Waals surface area contributed by atoms with Crippen molar-refractivity contribution in [2.45, 2.75) is 65.3 Å². The molecule has 3 amide bonds. The molecule has 0 aromatic carbocycles. The second kappa shape index (κ2) is 11.0. The highest BCUT2D eigenvalue weighted by molar-refractivity contribution is 6.05. The lowest BCUT2D eigenvalue weighted by molar-refractivity contribution is -0.161. The minimum atomic E-state index is -0.700. The summed E-state index contributed by atoms with van der Waals surface area (Å²) in [7, 11) is 1.85. The zero-order valence-corrected chi connectivity index (χ0v) is 22.2. The first-order valence-corrected chi connectivity index (χ1v) is 12.6. The first kappa shape index (κ1) is 26.7. The summed E-state index contributed by atoms with van der Waals surface area (Å²) in [6.07, 6.45) is 4.11. The van der Waals surface area contributed by atoms with Crippen LogP contribution in [0, 0.1) is 0 Å². The van der Waals surface area contributed by atoms with Crippen molar-refractivity contribution in [2.75, 3.05) is 31.2 Å². The summed E-state index contributed by atoms with van der Waals surface area (Å²) in [4.78, 5) is 49.7. The predicted molar refractivity (Wildman–Crippen MR) is 135 cm³/mol. The van der Waals surface area contributed by atoms with Gasteiger partial charge in [-0.2, -0.15) is 0 Å².